The van der Waals surface area contributed by atoms with Gasteiger partial charge in [0.15, 0.2) is 11.0 Å². The Bertz CT molecular complexity index is 1540. The van der Waals surface area contributed by atoms with Crippen LogP contribution in [0.5, 0.6) is 0 Å². The minimum atomic E-state index is -0.320. The lowest BCUT2D eigenvalue weighted by Gasteiger charge is -2.10. The Morgan fingerprint density at radius 3 is 2.75 bits per heavy atom. The van der Waals surface area contributed by atoms with E-state index in [-0.39, 0.29) is 5.63 Å². The average Bonchev–Trinajstić information content (AvgIpc) is 3.39. The predicted octanol–water partition coefficient (Wildman–Crippen LogP) is 5.78. The van der Waals surface area contributed by atoms with Crippen molar-refractivity contribution in [2.45, 2.75) is 43.6 Å². The van der Waals surface area contributed by atoms with Crippen molar-refractivity contribution in [1.29, 1.82) is 0 Å². The van der Waals surface area contributed by atoms with Crippen LogP contribution in [0.3, 0.4) is 0 Å². The summed E-state index contributed by atoms with van der Waals surface area (Å²) >= 11 is 1.62. The van der Waals surface area contributed by atoms with Crippen molar-refractivity contribution >= 4 is 33.6 Å². The first-order valence-corrected chi connectivity index (χ1v) is 11.8. The molecule has 0 bridgehead atoms. The van der Waals surface area contributed by atoms with Gasteiger partial charge in [0.1, 0.15) is 5.58 Å². The number of aromatic amines is 1. The molecule has 1 aliphatic carbocycles. The number of benzene rings is 2. The van der Waals surface area contributed by atoms with Crippen LogP contribution in [0.2, 0.25) is 0 Å². The molecule has 0 aliphatic heterocycles. The highest BCUT2D eigenvalue weighted by molar-refractivity contribution is 7.98. The molecule has 0 amide bonds. The number of rotatable bonds is 5. The topological polar surface area (TPSA) is 76.7 Å². The van der Waals surface area contributed by atoms with E-state index >= 15 is 0 Å². The fraction of sp³-hybridized carbons (Fsp3) is 0.240. The molecule has 0 unspecified atom stereocenters. The quantitative estimate of drug-likeness (QED) is 0.276. The summed E-state index contributed by atoms with van der Waals surface area (Å²) in [5.41, 5.74) is 5.74. The highest BCUT2D eigenvalue weighted by Crippen LogP contribution is 2.42. The molecule has 6 nitrogen and oxygen atoms in total. The van der Waals surface area contributed by atoms with Crippen molar-refractivity contribution in [1.82, 2.24) is 19.7 Å². The molecule has 3 aromatic heterocycles. The standard InChI is InChI=1S/C25H22N4O2S/c1-14-9-19-16(11-23(30)31-22(19)10-15(14)2)13-32-25-28-27-24(29(25)17-7-8-17)20-12-26-21-6-4-3-5-18(20)21/h3-6,9-12,17,26H,7-8,13H2,1-2H3. The number of nitrogens with one attached hydrogen (secondary N) is 1. The van der Waals surface area contributed by atoms with E-state index in [0.717, 1.165) is 56.8 Å². The Balaban J connectivity index is 1.39. The Kier molecular flexibility index (Phi) is 4.47. The smallest absolute Gasteiger partial charge is 0.336 e. The van der Waals surface area contributed by atoms with Gasteiger partial charge in [-0.1, -0.05) is 30.0 Å². The summed E-state index contributed by atoms with van der Waals surface area (Å²) in [6.45, 7) is 4.11. The molecule has 0 spiro atoms. The van der Waals surface area contributed by atoms with Crippen molar-refractivity contribution in [3.8, 4) is 11.4 Å². The van der Waals surface area contributed by atoms with Gasteiger partial charge in [0.2, 0.25) is 0 Å². The summed E-state index contributed by atoms with van der Waals surface area (Å²) in [6.07, 6.45) is 4.29. The van der Waals surface area contributed by atoms with Gasteiger partial charge in [-0.3, -0.25) is 4.57 Å². The molecule has 1 fully saturated rings. The minimum Gasteiger partial charge on any atom is -0.423 e. The molecule has 0 saturated heterocycles. The zero-order valence-corrected chi connectivity index (χ0v) is 18.7. The van der Waals surface area contributed by atoms with Gasteiger partial charge >= 0.3 is 5.63 Å². The second-order valence-corrected chi connectivity index (χ2v) is 9.41. The second kappa shape index (κ2) is 7.38. The molecule has 1 aliphatic rings. The third-order valence-electron chi connectivity index (χ3n) is 6.21. The van der Waals surface area contributed by atoms with Gasteiger partial charge in [-0.25, -0.2) is 4.79 Å². The highest BCUT2D eigenvalue weighted by Gasteiger charge is 2.31. The van der Waals surface area contributed by atoms with Crippen LogP contribution in [0, 0.1) is 13.8 Å². The van der Waals surface area contributed by atoms with Crippen LogP contribution in [-0.2, 0) is 5.75 Å². The van der Waals surface area contributed by atoms with E-state index < -0.39 is 0 Å². The summed E-state index contributed by atoms with van der Waals surface area (Å²) in [5.74, 6) is 1.53. The molecule has 2 aromatic carbocycles. The van der Waals surface area contributed by atoms with Crippen LogP contribution in [0.15, 0.2) is 63.0 Å². The van der Waals surface area contributed by atoms with Crippen molar-refractivity contribution in [3.63, 3.8) is 0 Å². The van der Waals surface area contributed by atoms with E-state index in [1.807, 2.05) is 31.3 Å². The lowest BCUT2D eigenvalue weighted by Crippen LogP contribution is -2.02. The van der Waals surface area contributed by atoms with Crippen molar-refractivity contribution in [2.75, 3.05) is 0 Å². The van der Waals surface area contributed by atoms with Crippen molar-refractivity contribution in [3.05, 3.63) is 75.8 Å². The molecule has 32 heavy (non-hydrogen) atoms. The Morgan fingerprint density at radius 1 is 1.09 bits per heavy atom. The van der Waals surface area contributed by atoms with Crippen LogP contribution >= 0.6 is 11.8 Å². The Morgan fingerprint density at radius 2 is 1.91 bits per heavy atom. The van der Waals surface area contributed by atoms with Crippen LogP contribution < -0.4 is 5.63 Å². The number of aryl methyl sites for hydroxylation is 2. The third-order valence-corrected chi connectivity index (χ3v) is 7.20. The fourth-order valence-corrected chi connectivity index (χ4v) is 5.22. The van der Waals surface area contributed by atoms with Crippen LogP contribution in [0.1, 0.15) is 35.6 Å². The minimum absolute atomic E-state index is 0.320. The maximum absolute atomic E-state index is 12.2. The molecule has 6 rings (SSSR count). The summed E-state index contributed by atoms with van der Waals surface area (Å²) in [6, 6.07) is 14.3. The summed E-state index contributed by atoms with van der Waals surface area (Å²) in [7, 11) is 0. The first-order chi connectivity index (χ1) is 15.6. The zero-order chi connectivity index (χ0) is 21.8. The number of fused-ring (bicyclic) bond motifs is 2. The summed E-state index contributed by atoms with van der Waals surface area (Å²) < 4.78 is 7.72. The SMILES string of the molecule is Cc1cc2oc(=O)cc(CSc3nnc(-c4c[nH]c5ccccc45)n3C3CC3)c2cc1C. The number of hydrogen-bond donors (Lipinski definition) is 1. The molecular weight excluding hydrogens is 420 g/mol. The van der Waals surface area contributed by atoms with Crippen LogP contribution in [0.25, 0.3) is 33.3 Å². The average molecular weight is 443 g/mol. The van der Waals surface area contributed by atoms with E-state index in [1.165, 1.54) is 5.56 Å². The lowest BCUT2D eigenvalue weighted by atomic mass is 10.0. The summed E-state index contributed by atoms with van der Waals surface area (Å²) in [4.78, 5) is 15.5. The maximum atomic E-state index is 12.2. The van der Waals surface area contributed by atoms with E-state index in [9.17, 15) is 4.79 Å². The van der Waals surface area contributed by atoms with Crippen molar-refractivity contribution in [2.24, 2.45) is 0 Å². The molecule has 0 atom stereocenters. The molecule has 1 saturated carbocycles. The number of H-pyrrole nitrogens is 1. The Labute approximate surface area is 188 Å². The predicted molar refractivity (Wildman–Crippen MR) is 127 cm³/mol. The van der Waals surface area contributed by atoms with E-state index in [4.69, 9.17) is 4.42 Å². The zero-order valence-electron chi connectivity index (χ0n) is 17.9. The van der Waals surface area contributed by atoms with Gasteiger partial charge in [0.25, 0.3) is 0 Å². The number of hydrogen-bond acceptors (Lipinski definition) is 5. The van der Waals surface area contributed by atoms with Crippen molar-refractivity contribution < 1.29 is 4.42 Å². The molecule has 5 aromatic rings. The van der Waals surface area contributed by atoms with Gasteiger partial charge in [0, 0.05) is 45.9 Å². The number of nitrogens with zero attached hydrogens (tertiary/aromatic N) is 3. The molecule has 1 N–H and O–H groups in total. The number of aromatic nitrogens is 4. The number of thioether (sulfide) groups is 1. The molecule has 0 radical (unpaired) electrons. The van der Waals surface area contributed by atoms with E-state index in [2.05, 4.69) is 44.9 Å². The van der Waals surface area contributed by atoms with Crippen LogP contribution in [0.4, 0.5) is 0 Å². The molecule has 3 heterocycles. The highest BCUT2D eigenvalue weighted by atomic mass is 32.2. The summed E-state index contributed by atoms with van der Waals surface area (Å²) in [5, 5.41) is 12.1. The van der Waals surface area contributed by atoms with Gasteiger partial charge in [-0.15, -0.1) is 10.2 Å². The third kappa shape index (κ3) is 3.24. The first-order valence-electron chi connectivity index (χ1n) is 10.8. The molecule has 7 heteroatoms. The van der Waals surface area contributed by atoms with Gasteiger partial charge < -0.3 is 9.40 Å². The molecular formula is C25H22N4O2S. The van der Waals surface area contributed by atoms with E-state index in [0.29, 0.717) is 17.4 Å². The van der Waals surface area contributed by atoms with Gasteiger partial charge in [-0.2, -0.15) is 0 Å². The largest absolute Gasteiger partial charge is 0.423 e. The van der Waals surface area contributed by atoms with Gasteiger partial charge in [0.05, 0.1) is 0 Å². The van der Waals surface area contributed by atoms with Crippen LogP contribution in [-0.4, -0.2) is 19.7 Å². The Hall–Kier alpha value is -3.32. The molecule has 160 valence electrons. The normalized spacial score (nSPS) is 13.9. The monoisotopic (exact) mass is 442 g/mol. The first kappa shape index (κ1) is 19.4. The maximum Gasteiger partial charge on any atom is 0.336 e. The van der Waals surface area contributed by atoms with E-state index in [1.54, 1.807) is 17.8 Å². The van der Waals surface area contributed by atoms with Gasteiger partial charge in [-0.05, 0) is 61.6 Å². The lowest BCUT2D eigenvalue weighted by molar-refractivity contribution is 0.559. The second-order valence-electron chi connectivity index (χ2n) is 8.47. The number of para-hydroxylation sites is 1. The fourth-order valence-electron chi connectivity index (χ4n) is 4.22.